The van der Waals surface area contributed by atoms with E-state index in [0.717, 1.165) is 31.5 Å². The van der Waals surface area contributed by atoms with Gasteiger partial charge in [0.25, 0.3) is 11.8 Å². The Morgan fingerprint density at radius 1 is 0.912 bits per heavy atom. The molecule has 2 amide bonds. The number of rotatable bonds is 5. The standard InChI is InChI=1S/C25H24ClN5O3/c26-18-8-11-22(28-15-18)30-25(34)20-14-19(32)9-10-21(20)29-24(33)17-6-4-16(5-7-17)23(27)31-12-2-1-3-13-31/h4-11,14-15,27,32H,1-3,12-13H2,(H,29,33)(H,28,30,34). The van der Waals surface area contributed by atoms with Crippen molar-refractivity contribution >= 4 is 40.8 Å². The van der Waals surface area contributed by atoms with E-state index in [-0.39, 0.29) is 22.8 Å². The van der Waals surface area contributed by atoms with Crippen LogP contribution in [0.3, 0.4) is 0 Å². The number of nitrogens with zero attached hydrogens (tertiary/aromatic N) is 2. The van der Waals surface area contributed by atoms with Crippen LogP contribution in [-0.2, 0) is 0 Å². The number of hydrogen-bond acceptors (Lipinski definition) is 5. The molecule has 0 unspecified atom stereocenters. The molecule has 0 saturated carbocycles. The van der Waals surface area contributed by atoms with Gasteiger partial charge in [0.1, 0.15) is 17.4 Å². The molecule has 1 saturated heterocycles. The van der Waals surface area contributed by atoms with E-state index in [4.69, 9.17) is 17.0 Å². The first-order chi connectivity index (χ1) is 16.4. The van der Waals surface area contributed by atoms with Gasteiger partial charge in [0.2, 0.25) is 0 Å². The minimum Gasteiger partial charge on any atom is -0.508 e. The van der Waals surface area contributed by atoms with E-state index in [1.807, 2.05) is 0 Å². The summed E-state index contributed by atoms with van der Waals surface area (Å²) in [6.45, 7) is 1.75. The molecule has 1 aromatic heterocycles. The molecule has 0 bridgehead atoms. The summed E-state index contributed by atoms with van der Waals surface area (Å²) in [4.78, 5) is 31.7. The highest BCUT2D eigenvalue weighted by Gasteiger charge is 2.18. The van der Waals surface area contributed by atoms with Crippen molar-refractivity contribution in [2.24, 2.45) is 0 Å². The molecule has 0 radical (unpaired) electrons. The lowest BCUT2D eigenvalue weighted by Crippen LogP contribution is -2.35. The van der Waals surface area contributed by atoms with E-state index in [1.165, 1.54) is 30.8 Å². The number of carbonyl (C=O) groups excluding carboxylic acids is 2. The normalized spacial score (nSPS) is 13.3. The van der Waals surface area contributed by atoms with Crippen molar-refractivity contribution in [3.8, 4) is 5.75 Å². The van der Waals surface area contributed by atoms with Crippen LogP contribution in [0.5, 0.6) is 5.75 Å². The van der Waals surface area contributed by atoms with Crippen LogP contribution < -0.4 is 10.6 Å². The average Bonchev–Trinajstić information content (AvgIpc) is 2.86. The fourth-order valence-electron chi connectivity index (χ4n) is 3.74. The third-order valence-corrected chi connectivity index (χ3v) is 5.78. The van der Waals surface area contributed by atoms with Gasteiger partial charge in [0, 0.05) is 30.4 Å². The van der Waals surface area contributed by atoms with Crippen molar-refractivity contribution in [1.29, 1.82) is 5.41 Å². The lowest BCUT2D eigenvalue weighted by molar-refractivity contribution is 0.102. The monoisotopic (exact) mass is 477 g/mol. The number of phenolic OH excluding ortho intramolecular Hbond substituents is 1. The Balaban J connectivity index is 1.47. The Hall–Kier alpha value is -3.91. The number of likely N-dealkylation sites (tertiary alicyclic amines) is 1. The van der Waals surface area contributed by atoms with Crippen molar-refractivity contribution in [2.45, 2.75) is 19.3 Å². The van der Waals surface area contributed by atoms with Crippen LogP contribution in [0.25, 0.3) is 0 Å². The topological polar surface area (TPSA) is 118 Å². The summed E-state index contributed by atoms with van der Waals surface area (Å²) >= 11 is 5.82. The zero-order valence-corrected chi connectivity index (χ0v) is 19.1. The molecule has 4 N–H and O–H groups in total. The lowest BCUT2D eigenvalue weighted by Gasteiger charge is -2.29. The Morgan fingerprint density at radius 2 is 1.62 bits per heavy atom. The van der Waals surface area contributed by atoms with Gasteiger partial charge in [-0.15, -0.1) is 0 Å². The van der Waals surface area contributed by atoms with Crippen molar-refractivity contribution in [3.63, 3.8) is 0 Å². The van der Waals surface area contributed by atoms with Gasteiger partial charge in [-0.25, -0.2) is 4.98 Å². The average molecular weight is 478 g/mol. The number of aromatic hydroxyl groups is 1. The molecule has 8 nitrogen and oxygen atoms in total. The summed E-state index contributed by atoms with van der Waals surface area (Å²) < 4.78 is 0. The second kappa shape index (κ2) is 10.4. The van der Waals surface area contributed by atoms with Gasteiger partial charge in [-0.2, -0.15) is 0 Å². The van der Waals surface area contributed by atoms with Gasteiger partial charge in [-0.1, -0.05) is 23.7 Å². The molecular formula is C25H24ClN5O3. The number of anilines is 2. The number of phenols is 1. The predicted molar refractivity (Wildman–Crippen MR) is 132 cm³/mol. The molecule has 3 aromatic rings. The molecule has 174 valence electrons. The Labute approximate surface area is 202 Å². The van der Waals surface area contributed by atoms with Crippen molar-refractivity contribution < 1.29 is 14.7 Å². The molecular weight excluding hydrogens is 454 g/mol. The fraction of sp³-hybridized carbons (Fsp3) is 0.200. The molecule has 2 aromatic carbocycles. The van der Waals surface area contributed by atoms with Crippen molar-refractivity contribution in [3.05, 3.63) is 82.5 Å². The van der Waals surface area contributed by atoms with Gasteiger partial charge in [0.15, 0.2) is 0 Å². The summed E-state index contributed by atoms with van der Waals surface area (Å²) in [5.41, 5.74) is 1.45. The second-order valence-corrected chi connectivity index (χ2v) is 8.41. The maximum Gasteiger partial charge on any atom is 0.259 e. The second-order valence-electron chi connectivity index (χ2n) is 7.97. The molecule has 0 spiro atoms. The van der Waals surface area contributed by atoms with Gasteiger partial charge in [-0.05, 0) is 61.7 Å². The maximum absolute atomic E-state index is 12.9. The zero-order valence-electron chi connectivity index (χ0n) is 18.3. The van der Waals surface area contributed by atoms with Gasteiger partial charge >= 0.3 is 0 Å². The van der Waals surface area contributed by atoms with Crippen LogP contribution in [0.2, 0.25) is 5.02 Å². The third kappa shape index (κ3) is 5.52. The number of benzene rings is 2. The quantitative estimate of drug-likeness (QED) is 0.240. The van der Waals surface area contributed by atoms with Crippen LogP contribution in [0, 0.1) is 5.41 Å². The first-order valence-electron chi connectivity index (χ1n) is 10.9. The third-order valence-electron chi connectivity index (χ3n) is 5.56. The fourth-order valence-corrected chi connectivity index (χ4v) is 3.85. The summed E-state index contributed by atoms with van der Waals surface area (Å²) in [5.74, 6) is -0.346. The van der Waals surface area contributed by atoms with Crippen LogP contribution in [-0.4, -0.2) is 45.7 Å². The molecule has 2 heterocycles. The van der Waals surface area contributed by atoms with Gasteiger partial charge in [-0.3, -0.25) is 15.0 Å². The number of piperidine rings is 1. The van der Waals surface area contributed by atoms with E-state index < -0.39 is 11.8 Å². The number of amidine groups is 1. The van der Waals surface area contributed by atoms with E-state index in [2.05, 4.69) is 20.5 Å². The summed E-state index contributed by atoms with van der Waals surface area (Å²) in [6.07, 6.45) is 4.76. The molecule has 0 atom stereocenters. The number of pyridine rings is 1. The highest BCUT2D eigenvalue weighted by Crippen LogP contribution is 2.24. The number of halogens is 1. The number of aromatic nitrogens is 1. The SMILES string of the molecule is N=C(c1ccc(C(=O)Nc2ccc(O)cc2C(=O)Nc2ccc(Cl)cn2)cc1)N1CCCCC1. The maximum atomic E-state index is 12.9. The van der Waals surface area contributed by atoms with Crippen LogP contribution >= 0.6 is 11.6 Å². The minimum atomic E-state index is -0.550. The molecule has 4 rings (SSSR count). The predicted octanol–water partition coefficient (Wildman–Crippen LogP) is 4.76. The van der Waals surface area contributed by atoms with Crippen LogP contribution in [0.4, 0.5) is 11.5 Å². The van der Waals surface area contributed by atoms with E-state index in [1.54, 1.807) is 36.4 Å². The zero-order chi connectivity index (χ0) is 24.1. The summed E-state index contributed by atoms with van der Waals surface area (Å²) in [7, 11) is 0. The summed E-state index contributed by atoms with van der Waals surface area (Å²) in [6, 6.07) is 14.1. The highest BCUT2D eigenvalue weighted by atomic mass is 35.5. The molecule has 34 heavy (non-hydrogen) atoms. The Morgan fingerprint density at radius 3 is 2.29 bits per heavy atom. The van der Waals surface area contributed by atoms with E-state index in [0.29, 0.717) is 16.4 Å². The van der Waals surface area contributed by atoms with Crippen molar-refractivity contribution in [2.75, 3.05) is 23.7 Å². The van der Waals surface area contributed by atoms with Crippen molar-refractivity contribution in [1.82, 2.24) is 9.88 Å². The number of carbonyl (C=O) groups is 2. The molecule has 9 heteroatoms. The van der Waals surface area contributed by atoms with Crippen LogP contribution in [0.15, 0.2) is 60.8 Å². The largest absolute Gasteiger partial charge is 0.508 e. The van der Waals surface area contributed by atoms with Gasteiger partial charge in [0.05, 0.1) is 16.3 Å². The first-order valence-corrected chi connectivity index (χ1v) is 11.3. The van der Waals surface area contributed by atoms with E-state index >= 15 is 0 Å². The number of nitrogens with one attached hydrogen (secondary N) is 3. The lowest BCUT2D eigenvalue weighted by atomic mass is 10.1. The van der Waals surface area contributed by atoms with Gasteiger partial charge < -0.3 is 20.6 Å². The number of hydrogen-bond donors (Lipinski definition) is 4. The highest BCUT2D eigenvalue weighted by molar-refractivity contribution is 6.30. The molecule has 1 fully saturated rings. The molecule has 0 aliphatic carbocycles. The van der Waals surface area contributed by atoms with E-state index in [9.17, 15) is 14.7 Å². The molecule has 1 aliphatic heterocycles. The number of amides is 2. The smallest absolute Gasteiger partial charge is 0.259 e. The van der Waals surface area contributed by atoms with Crippen LogP contribution in [0.1, 0.15) is 45.5 Å². The summed E-state index contributed by atoms with van der Waals surface area (Å²) in [5, 5.41) is 24.1. The Bertz CT molecular complexity index is 1210. The first kappa shape index (κ1) is 23.3. The molecule has 1 aliphatic rings. The Kier molecular flexibility index (Phi) is 7.08. The minimum absolute atomic E-state index is 0.0774.